The molecule has 0 aliphatic rings. The molecule has 0 spiro atoms. The van der Waals surface area contributed by atoms with Crippen LogP contribution in [0.4, 0.5) is 5.69 Å². The highest BCUT2D eigenvalue weighted by Crippen LogP contribution is 2.30. The van der Waals surface area contributed by atoms with Crippen LogP contribution in [-0.4, -0.2) is 24.3 Å². The second-order valence-electron chi connectivity index (χ2n) is 8.93. The second kappa shape index (κ2) is 12.6. The lowest BCUT2D eigenvalue weighted by molar-refractivity contribution is -0.126. The van der Waals surface area contributed by atoms with Crippen LogP contribution in [0.3, 0.4) is 0 Å². The third kappa shape index (κ3) is 6.39. The summed E-state index contributed by atoms with van der Waals surface area (Å²) in [6.07, 6.45) is 3.89. The van der Waals surface area contributed by atoms with Gasteiger partial charge in [0.15, 0.2) is 5.76 Å². The molecule has 38 heavy (non-hydrogen) atoms. The van der Waals surface area contributed by atoms with Crippen molar-refractivity contribution in [1.29, 1.82) is 0 Å². The van der Waals surface area contributed by atoms with Crippen molar-refractivity contribution in [1.82, 2.24) is 10.6 Å². The molecule has 196 valence electrons. The topological polar surface area (TPSA) is 105 Å². The molecular formula is C30H31N3O5. The van der Waals surface area contributed by atoms with Crippen LogP contribution in [0, 0.1) is 0 Å². The van der Waals surface area contributed by atoms with Crippen molar-refractivity contribution in [3.8, 4) is 0 Å². The van der Waals surface area contributed by atoms with E-state index in [1.807, 2.05) is 42.5 Å². The molecule has 2 heterocycles. The number of anilines is 1. The Kier molecular flexibility index (Phi) is 8.77. The van der Waals surface area contributed by atoms with E-state index in [9.17, 15) is 14.4 Å². The highest BCUT2D eigenvalue weighted by atomic mass is 16.3. The molecule has 2 aromatic heterocycles. The summed E-state index contributed by atoms with van der Waals surface area (Å²) in [6.45, 7) is 4.09. The zero-order chi connectivity index (χ0) is 26.9. The molecule has 0 saturated heterocycles. The van der Waals surface area contributed by atoms with Crippen molar-refractivity contribution < 1.29 is 23.2 Å². The van der Waals surface area contributed by atoms with Gasteiger partial charge in [0, 0.05) is 5.69 Å². The van der Waals surface area contributed by atoms with E-state index >= 15 is 0 Å². The monoisotopic (exact) mass is 513 g/mol. The highest BCUT2D eigenvalue weighted by Gasteiger charge is 2.33. The normalized spacial score (nSPS) is 12.4. The number of carbonyl (C=O) groups excluding carboxylic acids is 3. The van der Waals surface area contributed by atoms with Gasteiger partial charge in [-0.25, -0.2) is 0 Å². The van der Waals surface area contributed by atoms with E-state index in [1.54, 1.807) is 30.3 Å². The minimum atomic E-state index is -0.992. The lowest BCUT2D eigenvalue weighted by Crippen LogP contribution is -2.47. The van der Waals surface area contributed by atoms with Gasteiger partial charge in [-0.15, -0.1) is 0 Å². The molecule has 0 aliphatic heterocycles. The van der Waals surface area contributed by atoms with Gasteiger partial charge >= 0.3 is 0 Å². The first-order valence-corrected chi connectivity index (χ1v) is 12.6. The van der Waals surface area contributed by atoms with Gasteiger partial charge in [-0.2, -0.15) is 0 Å². The van der Waals surface area contributed by atoms with E-state index in [0.29, 0.717) is 22.9 Å². The molecule has 2 atom stereocenters. The fourth-order valence-corrected chi connectivity index (χ4v) is 4.11. The number of carbonyl (C=O) groups is 3. The maximum atomic E-state index is 13.7. The number of nitrogens with one attached hydrogen (secondary N) is 2. The van der Waals surface area contributed by atoms with Gasteiger partial charge < -0.3 is 19.5 Å². The first kappa shape index (κ1) is 26.5. The van der Waals surface area contributed by atoms with E-state index in [2.05, 4.69) is 24.5 Å². The fraction of sp³-hybridized carbons (Fsp3) is 0.233. The summed E-state index contributed by atoms with van der Waals surface area (Å²) in [7, 11) is 0. The van der Waals surface area contributed by atoms with Crippen molar-refractivity contribution in [2.24, 2.45) is 0 Å². The molecule has 3 amide bonds. The Morgan fingerprint density at radius 2 is 1.53 bits per heavy atom. The van der Waals surface area contributed by atoms with Gasteiger partial charge in [-0.1, -0.05) is 56.3 Å². The Labute approximate surface area is 221 Å². The summed E-state index contributed by atoms with van der Waals surface area (Å²) < 4.78 is 10.5. The zero-order valence-corrected chi connectivity index (χ0v) is 21.4. The number of benzene rings is 2. The quantitative estimate of drug-likeness (QED) is 0.287. The number of hydrogen-bond acceptors (Lipinski definition) is 5. The predicted octanol–water partition coefficient (Wildman–Crippen LogP) is 5.21. The number of furan rings is 2. The van der Waals surface area contributed by atoms with Crippen LogP contribution >= 0.6 is 0 Å². The second-order valence-corrected chi connectivity index (χ2v) is 8.93. The van der Waals surface area contributed by atoms with Gasteiger partial charge in [0.1, 0.15) is 11.8 Å². The number of rotatable bonds is 11. The lowest BCUT2D eigenvalue weighted by atomic mass is 9.97. The van der Waals surface area contributed by atoms with Crippen LogP contribution in [-0.2, 0) is 16.1 Å². The number of hydrogen-bond donors (Lipinski definition) is 2. The van der Waals surface area contributed by atoms with Gasteiger partial charge in [-0.05, 0) is 59.9 Å². The standard InChI is InChI=1S/C30H31N3O5/c1-3-21(2)22-13-15-24(16-14-22)33(27(34)20-32-29(35)26-12-8-18-38-26)28(23-9-5-4-6-10-23)30(36)31-19-25-11-7-17-37-25/h4-18,21,28H,3,19-20H2,1-2H3,(H,31,36)(H,32,35)/t21-,28+/m1/s1. The summed E-state index contributed by atoms with van der Waals surface area (Å²) in [5.74, 6) is -0.325. The van der Waals surface area contributed by atoms with Gasteiger partial charge in [0.2, 0.25) is 11.8 Å². The lowest BCUT2D eigenvalue weighted by Gasteiger charge is -2.32. The van der Waals surface area contributed by atoms with Crippen LogP contribution < -0.4 is 15.5 Å². The Hall–Kier alpha value is -4.59. The van der Waals surface area contributed by atoms with Crippen molar-refractivity contribution in [3.05, 3.63) is 114 Å². The summed E-state index contributed by atoms with van der Waals surface area (Å²) in [5.41, 5.74) is 2.30. The first-order chi connectivity index (χ1) is 18.5. The zero-order valence-electron chi connectivity index (χ0n) is 21.4. The van der Waals surface area contributed by atoms with Crippen molar-refractivity contribution in [2.45, 2.75) is 38.8 Å². The Morgan fingerprint density at radius 1 is 0.816 bits per heavy atom. The average Bonchev–Trinajstić information content (AvgIpc) is 3.68. The molecule has 2 N–H and O–H groups in total. The minimum Gasteiger partial charge on any atom is -0.467 e. The van der Waals surface area contributed by atoms with Crippen molar-refractivity contribution in [3.63, 3.8) is 0 Å². The number of nitrogens with zero attached hydrogens (tertiary/aromatic N) is 1. The molecule has 8 nitrogen and oxygen atoms in total. The smallest absolute Gasteiger partial charge is 0.287 e. The largest absolute Gasteiger partial charge is 0.467 e. The summed E-state index contributed by atoms with van der Waals surface area (Å²) in [5, 5.41) is 5.49. The molecular weight excluding hydrogens is 482 g/mol. The van der Waals surface area contributed by atoms with Crippen LogP contribution in [0.25, 0.3) is 0 Å². The summed E-state index contributed by atoms with van der Waals surface area (Å²) >= 11 is 0. The molecule has 0 saturated carbocycles. The SMILES string of the molecule is CC[C@@H](C)c1ccc(N(C(=O)CNC(=O)c2ccco2)[C@H](C(=O)NCc2ccco2)c2ccccc2)cc1. The van der Waals surface area contributed by atoms with Crippen LogP contribution in [0.5, 0.6) is 0 Å². The minimum absolute atomic E-state index is 0.0954. The summed E-state index contributed by atoms with van der Waals surface area (Å²) in [4.78, 5) is 41.3. The molecule has 0 unspecified atom stereocenters. The molecule has 0 bridgehead atoms. The summed E-state index contributed by atoms with van der Waals surface area (Å²) in [6, 6.07) is 22.3. The van der Waals surface area contributed by atoms with Gasteiger partial charge in [-0.3, -0.25) is 19.3 Å². The average molecular weight is 514 g/mol. The molecule has 2 aromatic carbocycles. The van der Waals surface area contributed by atoms with Crippen LogP contribution in [0.1, 0.15) is 59.7 Å². The van der Waals surface area contributed by atoms with Gasteiger partial charge in [0.25, 0.3) is 5.91 Å². The Bertz CT molecular complexity index is 1320. The van der Waals surface area contributed by atoms with Crippen molar-refractivity contribution >= 4 is 23.4 Å². The van der Waals surface area contributed by atoms with E-state index in [1.165, 1.54) is 23.5 Å². The predicted molar refractivity (Wildman–Crippen MR) is 143 cm³/mol. The maximum absolute atomic E-state index is 13.7. The number of amides is 3. The van der Waals surface area contributed by atoms with E-state index in [4.69, 9.17) is 8.83 Å². The van der Waals surface area contributed by atoms with Crippen LogP contribution in [0.15, 0.2) is 100 Å². The fourth-order valence-electron chi connectivity index (χ4n) is 4.11. The molecule has 0 aliphatic carbocycles. The van der Waals surface area contributed by atoms with Crippen LogP contribution in [0.2, 0.25) is 0 Å². The van der Waals surface area contributed by atoms with E-state index < -0.39 is 17.9 Å². The Balaban J connectivity index is 1.67. The van der Waals surface area contributed by atoms with Crippen molar-refractivity contribution in [2.75, 3.05) is 11.4 Å². The third-order valence-corrected chi connectivity index (χ3v) is 6.41. The molecule has 0 fully saturated rings. The molecule has 0 radical (unpaired) electrons. The molecule has 4 rings (SSSR count). The van der Waals surface area contributed by atoms with Gasteiger partial charge in [0.05, 0.1) is 25.6 Å². The third-order valence-electron chi connectivity index (χ3n) is 6.41. The van der Waals surface area contributed by atoms with E-state index in [-0.39, 0.29) is 24.8 Å². The highest BCUT2D eigenvalue weighted by molar-refractivity contribution is 6.04. The maximum Gasteiger partial charge on any atom is 0.287 e. The Morgan fingerprint density at radius 3 is 2.16 bits per heavy atom. The van der Waals surface area contributed by atoms with E-state index in [0.717, 1.165) is 12.0 Å². The molecule has 8 heteroatoms. The molecule has 4 aromatic rings. The first-order valence-electron chi connectivity index (χ1n) is 12.6.